The summed E-state index contributed by atoms with van der Waals surface area (Å²) in [7, 11) is 0. The van der Waals surface area contributed by atoms with E-state index < -0.39 is 11.6 Å². The number of rotatable bonds is 7. The maximum atomic E-state index is 12.5. The summed E-state index contributed by atoms with van der Waals surface area (Å²) in [5, 5.41) is 11.2. The summed E-state index contributed by atoms with van der Waals surface area (Å²) >= 11 is 5.84. The van der Waals surface area contributed by atoms with Crippen molar-refractivity contribution < 1.29 is 24.2 Å². The lowest BCUT2D eigenvalue weighted by molar-refractivity contribution is -0.112. The Kier molecular flexibility index (Phi) is 6.05. The van der Waals surface area contributed by atoms with Gasteiger partial charge in [0.2, 0.25) is 11.6 Å². The third-order valence-corrected chi connectivity index (χ3v) is 5.18. The molecule has 0 aliphatic heterocycles. The summed E-state index contributed by atoms with van der Waals surface area (Å²) in [6, 6.07) is 20.8. The average Bonchev–Trinajstić information content (AvgIpc) is 2.80. The zero-order chi connectivity index (χ0) is 21.8. The van der Waals surface area contributed by atoms with E-state index in [0.29, 0.717) is 35.3 Å². The Morgan fingerprint density at radius 2 is 1.26 bits per heavy atom. The van der Waals surface area contributed by atoms with Gasteiger partial charge in [-0.2, -0.15) is 0 Å². The normalized spacial score (nSPS) is 13.2. The van der Waals surface area contributed by atoms with Crippen LogP contribution in [-0.2, 0) is 11.2 Å². The maximum absolute atomic E-state index is 12.5. The molecule has 156 valence electrons. The van der Waals surface area contributed by atoms with Crippen LogP contribution in [0, 0.1) is 0 Å². The smallest absolute Gasteiger partial charge is 0.234 e. The van der Waals surface area contributed by atoms with E-state index in [9.17, 15) is 14.7 Å². The van der Waals surface area contributed by atoms with Gasteiger partial charge < -0.3 is 14.6 Å². The van der Waals surface area contributed by atoms with E-state index in [2.05, 4.69) is 0 Å². The largest absolute Gasteiger partial charge is 0.507 e. The fourth-order valence-corrected chi connectivity index (χ4v) is 3.46. The molecule has 1 aliphatic carbocycles. The van der Waals surface area contributed by atoms with Gasteiger partial charge in [-0.3, -0.25) is 9.59 Å². The number of carbonyl (C=O) groups excluding carboxylic acids is 2. The molecule has 0 aromatic heterocycles. The van der Waals surface area contributed by atoms with E-state index in [1.165, 1.54) is 0 Å². The number of carbonyl (C=O) groups is 2. The predicted molar refractivity (Wildman–Crippen MR) is 118 cm³/mol. The zero-order valence-electron chi connectivity index (χ0n) is 16.5. The zero-order valence-corrected chi connectivity index (χ0v) is 17.3. The molecular weight excluding hydrogens is 416 g/mol. The maximum Gasteiger partial charge on any atom is 0.234 e. The summed E-state index contributed by atoms with van der Waals surface area (Å²) in [5.41, 5.74) is 1.52. The molecule has 3 aromatic carbocycles. The standard InChI is InChI=1S/C25H19ClO5/c26-17-7-11-19(12-8-17)31-14-13-30-18-9-5-16(6-10-18)15-22-23(27)20-3-1-2-4-21(20)24(28)25(22)29/h1-12,27H,13-15H2. The van der Waals surface area contributed by atoms with Crippen molar-refractivity contribution >= 4 is 28.9 Å². The number of aliphatic hydroxyl groups excluding tert-OH is 1. The first kappa shape index (κ1) is 20.7. The van der Waals surface area contributed by atoms with Crippen molar-refractivity contribution in [1.29, 1.82) is 0 Å². The van der Waals surface area contributed by atoms with Crippen molar-refractivity contribution in [2.75, 3.05) is 13.2 Å². The molecule has 0 fully saturated rings. The minimum atomic E-state index is -0.670. The van der Waals surface area contributed by atoms with Gasteiger partial charge in [0, 0.05) is 22.6 Å². The Hall–Kier alpha value is -3.57. The van der Waals surface area contributed by atoms with Crippen LogP contribution in [0.15, 0.2) is 78.4 Å². The number of halogens is 1. The second-order valence-electron chi connectivity index (χ2n) is 7.00. The lowest BCUT2D eigenvalue weighted by Crippen LogP contribution is -2.25. The third kappa shape index (κ3) is 4.62. The highest BCUT2D eigenvalue weighted by Crippen LogP contribution is 2.29. The molecule has 4 rings (SSSR count). The molecule has 0 bridgehead atoms. The molecule has 1 aliphatic rings. The molecule has 0 saturated heterocycles. The molecule has 0 saturated carbocycles. The molecule has 6 heteroatoms. The van der Waals surface area contributed by atoms with Crippen molar-refractivity contribution in [3.8, 4) is 11.5 Å². The van der Waals surface area contributed by atoms with Crippen molar-refractivity contribution in [2.45, 2.75) is 6.42 Å². The van der Waals surface area contributed by atoms with E-state index in [1.54, 1.807) is 72.8 Å². The van der Waals surface area contributed by atoms with Gasteiger partial charge in [0.05, 0.1) is 5.57 Å². The van der Waals surface area contributed by atoms with Crippen LogP contribution in [-0.4, -0.2) is 29.9 Å². The van der Waals surface area contributed by atoms with Crippen molar-refractivity contribution in [3.05, 3.63) is 100 Å². The number of hydrogen-bond acceptors (Lipinski definition) is 5. The Morgan fingerprint density at radius 3 is 1.87 bits per heavy atom. The third-order valence-electron chi connectivity index (χ3n) is 4.93. The molecule has 1 N–H and O–H groups in total. The SMILES string of the molecule is O=C1C(=O)c2ccccc2C(O)=C1Cc1ccc(OCCOc2ccc(Cl)cc2)cc1. The number of benzene rings is 3. The predicted octanol–water partition coefficient (Wildman–Crippen LogP) is 5.08. The summed E-state index contributed by atoms with van der Waals surface area (Å²) in [6.45, 7) is 0.734. The van der Waals surface area contributed by atoms with Crippen LogP contribution < -0.4 is 9.47 Å². The average molecular weight is 435 g/mol. The molecule has 3 aromatic rings. The van der Waals surface area contributed by atoms with Crippen LogP contribution in [0.25, 0.3) is 5.76 Å². The van der Waals surface area contributed by atoms with Crippen molar-refractivity contribution in [3.63, 3.8) is 0 Å². The summed E-state index contributed by atoms with van der Waals surface area (Å²) in [5.74, 6) is -0.0393. The second kappa shape index (κ2) is 9.06. The van der Waals surface area contributed by atoms with E-state index >= 15 is 0 Å². The van der Waals surface area contributed by atoms with E-state index in [4.69, 9.17) is 21.1 Å². The molecule has 0 heterocycles. The number of fused-ring (bicyclic) bond motifs is 1. The van der Waals surface area contributed by atoms with Gasteiger partial charge in [-0.1, -0.05) is 48.0 Å². The second-order valence-corrected chi connectivity index (χ2v) is 7.44. The van der Waals surface area contributed by atoms with Crippen LogP contribution in [0.1, 0.15) is 21.5 Å². The fraction of sp³-hybridized carbons (Fsp3) is 0.120. The Bertz CT molecular complexity index is 1150. The molecule has 0 amide bonds. The van der Waals surface area contributed by atoms with E-state index in [1.807, 2.05) is 0 Å². The van der Waals surface area contributed by atoms with Gasteiger partial charge in [0.15, 0.2) is 0 Å². The van der Waals surface area contributed by atoms with Gasteiger partial charge >= 0.3 is 0 Å². The van der Waals surface area contributed by atoms with Gasteiger partial charge in [-0.25, -0.2) is 0 Å². The molecule has 0 unspecified atom stereocenters. The fourth-order valence-electron chi connectivity index (χ4n) is 3.34. The van der Waals surface area contributed by atoms with Gasteiger partial charge in [0.1, 0.15) is 30.5 Å². The van der Waals surface area contributed by atoms with Gasteiger partial charge in [-0.05, 0) is 42.0 Å². The van der Waals surface area contributed by atoms with Crippen LogP contribution in [0.2, 0.25) is 5.02 Å². The first-order chi connectivity index (χ1) is 15.0. The van der Waals surface area contributed by atoms with Gasteiger partial charge in [0.25, 0.3) is 0 Å². The van der Waals surface area contributed by atoms with E-state index in [0.717, 1.165) is 5.56 Å². The molecule has 31 heavy (non-hydrogen) atoms. The van der Waals surface area contributed by atoms with Crippen LogP contribution in [0.4, 0.5) is 0 Å². The molecule has 0 spiro atoms. The first-order valence-electron chi connectivity index (χ1n) is 9.73. The molecule has 0 radical (unpaired) electrons. The number of ketones is 2. The Morgan fingerprint density at radius 1 is 0.710 bits per heavy atom. The minimum absolute atomic E-state index is 0.105. The van der Waals surface area contributed by atoms with E-state index in [-0.39, 0.29) is 23.3 Å². The number of Topliss-reactive ketones (excluding diaryl/α,β-unsaturated/α-hetero) is 2. The highest BCUT2D eigenvalue weighted by Gasteiger charge is 2.32. The summed E-state index contributed by atoms with van der Waals surface area (Å²) < 4.78 is 11.3. The van der Waals surface area contributed by atoms with Crippen LogP contribution in [0.5, 0.6) is 11.5 Å². The number of aliphatic hydroxyl groups is 1. The minimum Gasteiger partial charge on any atom is -0.507 e. The number of allylic oxidation sites excluding steroid dienone is 1. The van der Waals surface area contributed by atoms with Crippen LogP contribution >= 0.6 is 11.6 Å². The van der Waals surface area contributed by atoms with Crippen molar-refractivity contribution in [1.82, 2.24) is 0 Å². The monoisotopic (exact) mass is 434 g/mol. The highest BCUT2D eigenvalue weighted by molar-refractivity contribution is 6.52. The number of ether oxygens (including phenoxy) is 2. The Labute approximate surface area is 184 Å². The lowest BCUT2D eigenvalue weighted by atomic mass is 9.86. The van der Waals surface area contributed by atoms with Crippen molar-refractivity contribution in [2.24, 2.45) is 0 Å². The Balaban J connectivity index is 1.37. The topological polar surface area (TPSA) is 72.8 Å². The molecular formula is C25H19ClO5. The summed E-state index contributed by atoms with van der Waals surface area (Å²) in [4.78, 5) is 24.8. The van der Waals surface area contributed by atoms with Gasteiger partial charge in [-0.15, -0.1) is 0 Å². The quantitative estimate of drug-likeness (QED) is 0.415. The molecule has 5 nitrogen and oxygen atoms in total. The summed E-state index contributed by atoms with van der Waals surface area (Å²) in [6.07, 6.45) is 0.157. The lowest BCUT2D eigenvalue weighted by Gasteiger charge is -2.17. The number of hydrogen-bond donors (Lipinski definition) is 1. The highest BCUT2D eigenvalue weighted by atomic mass is 35.5. The first-order valence-corrected chi connectivity index (χ1v) is 10.1. The molecule has 0 atom stereocenters. The van der Waals surface area contributed by atoms with Crippen LogP contribution in [0.3, 0.4) is 0 Å².